The molecule has 0 spiro atoms. The van der Waals surface area contributed by atoms with Crippen LogP contribution in [0.25, 0.3) is 0 Å². The van der Waals surface area contributed by atoms with Gasteiger partial charge in [0.2, 0.25) is 23.5 Å². The highest BCUT2D eigenvalue weighted by molar-refractivity contribution is 6.39. The lowest BCUT2D eigenvalue weighted by Gasteiger charge is -2.42. The molecule has 0 aromatic heterocycles. The van der Waals surface area contributed by atoms with Gasteiger partial charge in [0.1, 0.15) is 30.2 Å². The van der Waals surface area contributed by atoms with Gasteiger partial charge in [-0.15, -0.1) is 6.58 Å². The molecule has 51 heavy (non-hydrogen) atoms. The van der Waals surface area contributed by atoms with Crippen molar-refractivity contribution in [2.75, 3.05) is 20.1 Å². The first kappa shape index (κ1) is 39.9. The molecule has 6 atom stereocenters. The van der Waals surface area contributed by atoms with Crippen LogP contribution in [0.2, 0.25) is 0 Å². The van der Waals surface area contributed by atoms with Gasteiger partial charge >= 0.3 is 0 Å². The van der Waals surface area contributed by atoms with Crippen LogP contribution in [-0.4, -0.2) is 96.6 Å². The zero-order valence-corrected chi connectivity index (χ0v) is 31.8. The molecule has 1 aliphatic heterocycles. The molecule has 0 aromatic carbocycles. The minimum Gasteiger partial charge on any atom is -0.346 e. The van der Waals surface area contributed by atoms with E-state index in [1.165, 1.54) is 12.4 Å². The normalized spacial score (nSPS) is 25.5. The first-order valence-corrected chi connectivity index (χ1v) is 18.5. The molecular formula is C38H59N7O6. The summed E-state index contributed by atoms with van der Waals surface area (Å²) in [7, 11) is 1.55. The van der Waals surface area contributed by atoms with E-state index in [0.29, 0.717) is 13.0 Å². The number of ketones is 1. The van der Waals surface area contributed by atoms with E-state index in [0.717, 1.165) is 44.9 Å². The molecule has 5 amide bonds. The fourth-order valence-corrected chi connectivity index (χ4v) is 8.08. The molecule has 4 fully saturated rings. The van der Waals surface area contributed by atoms with Crippen LogP contribution in [0.4, 0.5) is 0 Å². The summed E-state index contributed by atoms with van der Waals surface area (Å²) < 4.78 is 0. The van der Waals surface area contributed by atoms with Crippen molar-refractivity contribution in [3.63, 3.8) is 0 Å². The van der Waals surface area contributed by atoms with Crippen LogP contribution >= 0.6 is 0 Å². The van der Waals surface area contributed by atoms with Gasteiger partial charge in [0, 0.05) is 20.1 Å². The molecule has 1 unspecified atom stereocenters. The molecule has 0 bridgehead atoms. The molecule has 3 saturated carbocycles. The number of likely N-dealkylation sites (tertiary alicyclic amines) is 1. The van der Waals surface area contributed by atoms with Crippen LogP contribution in [-0.2, 0) is 28.8 Å². The van der Waals surface area contributed by atoms with E-state index in [1.807, 2.05) is 27.7 Å². The van der Waals surface area contributed by atoms with Crippen LogP contribution in [0.3, 0.4) is 0 Å². The Morgan fingerprint density at radius 2 is 1.61 bits per heavy atom. The molecular weight excluding hydrogens is 650 g/mol. The Kier molecular flexibility index (Phi) is 12.3. The molecule has 1 saturated heterocycles. The number of hydrogen-bond acceptors (Lipinski definition) is 7. The van der Waals surface area contributed by atoms with Gasteiger partial charge in [0.05, 0.1) is 6.04 Å². The largest absolute Gasteiger partial charge is 0.346 e. The number of nitrogens with zero attached hydrogens (tertiary/aromatic N) is 3. The van der Waals surface area contributed by atoms with E-state index >= 15 is 0 Å². The second-order valence-corrected chi connectivity index (χ2v) is 17.0. The fraction of sp³-hybridized carbons (Fsp3) is 0.737. The smallest absolute Gasteiger partial charge is 0.289 e. The van der Waals surface area contributed by atoms with E-state index < -0.39 is 70.3 Å². The zero-order valence-electron chi connectivity index (χ0n) is 31.8. The van der Waals surface area contributed by atoms with Crippen molar-refractivity contribution in [3.05, 3.63) is 12.7 Å². The molecule has 3 aliphatic carbocycles. The summed E-state index contributed by atoms with van der Waals surface area (Å²) in [5.74, 6) is -3.18. The van der Waals surface area contributed by atoms with Crippen molar-refractivity contribution in [2.24, 2.45) is 44.0 Å². The number of aliphatic imine (C=N–C) groups is 2. The Morgan fingerprint density at radius 3 is 2.18 bits per heavy atom. The summed E-state index contributed by atoms with van der Waals surface area (Å²) in [6.07, 6.45) is 9.27. The van der Waals surface area contributed by atoms with Crippen LogP contribution in [0.1, 0.15) is 99.8 Å². The number of carbonyl (C=O) groups excluding carboxylic acids is 6. The highest BCUT2D eigenvalue weighted by Gasteiger charge is 2.70. The molecule has 1 heterocycles. The SMILES string of the molecule is C=CCNC(=O)C(=O)C(CC1CC1)NC(=O)[C@@H]1[C@@H]2[C@H](CN1C(=O)[C@@H](NC(=O)[C@@H](NC(=O)/C(C)=N/C=N\C)C1(C)CCCCC1)C(C)(C)C)C2(C)C. The van der Waals surface area contributed by atoms with E-state index in [2.05, 4.69) is 51.7 Å². The summed E-state index contributed by atoms with van der Waals surface area (Å²) in [5, 5.41) is 11.3. The van der Waals surface area contributed by atoms with Crippen LogP contribution in [0.5, 0.6) is 0 Å². The van der Waals surface area contributed by atoms with Crippen LogP contribution in [0, 0.1) is 34.0 Å². The third-order valence-electron chi connectivity index (χ3n) is 11.6. The molecule has 4 aliphatic rings. The average molecular weight is 710 g/mol. The lowest BCUT2D eigenvalue weighted by atomic mass is 9.70. The predicted molar refractivity (Wildman–Crippen MR) is 196 cm³/mol. The van der Waals surface area contributed by atoms with Gasteiger partial charge in [-0.25, -0.2) is 4.99 Å². The Balaban J connectivity index is 1.60. The van der Waals surface area contributed by atoms with Crippen LogP contribution in [0.15, 0.2) is 22.6 Å². The van der Waals surface area contributed by atoms with Crippen molar-refractivity contribution in [1.82, 2.24) is 26.2 Å². The van der Waals surface area contributed by atoms with E-state index in [9.17, 15) is 28.8 Å². The maximum absolute atomic E-state index is 14.7. The van der Waals surface area contributed by atoms with Gasteiger partial charge in [-0.3, -0.25) is 33.8 Å². The van der Waals surface area contributed by atoms with Gasteiger partial charge in [-0.1, -0.05) is 79.7 Å². The molecule has 13 nitrogen and oxygen atoms in total. The standard InChI is InChI=1S/C38H59N7O6/c1-10-18-40-33(49)28(46)25(19-23-14-15-23)42-32(48)27-26-24(37(26,6)7)20-45(27)35(51)30(36(3,4)5)44-34(50)29(38(8)16-12-11-13-17-38)43-31(47)22(2)41-21-39-9/h10,21,23-27,29-30H,1,11-20H2,2-9H3,(H,40,49)(H,42,48)(H,43,47)(H,44,50)/b39-21-,41-22+/t24-,25?,26-,27-,29+,30+/m0/s1. The fourth-order valence-electron chi connectivity index (χ4n) is 8.08. The molecule has 13 heteroatoms. The van der Waals surface area contributed by atoms with Gasteiger partial charge < -0.3 is 26.2 Å². The van der Waals surface area contributed by atoms with Gasteiger partial charge in [-0.05, 0) is 60.2 Å². The summed E-state index contributed by atoms with van der Waals surface area (Å²) in [6, 6.07) is -3.85. The first-order valence-electron chi connectivity index (χ1n) is 18.5. The van der Waals surface area contributed by atoms with E-state index in [4.69, 9.17) is 0 Å². The van der Waals surface area contributed by atoms with Crippen molar-refractivity contribution < 1.29 is 28.8 Å². The molecule has 0 radical (unpaired) electrons. The van der Waals surface area contributed by atoms with Crippen LogP contribution < -0.4 is 21.3 Å². The van der Waals surface area contributed by atoms with Crippen molar-refractivity contribution in [3.8, 4) is 0 Å². The number of Topliss-reactive ketones (excluding diaryl/α,β-unsaturated/α-hetero) is 1. The van der Waals surface area contributed by atoms with Crippen molar-refractivity contribution in [1.29, 1.82) is 0 Å². The monoisotopic (exact) mass is 709 g/mol. The molecule has 282 valence electrons. The number of piperidine rings is 1. The summed E-state index contributed by atoms with van der Waals surface area (Å²) in [4.78, 5) is 91.7. The topological polar surface area (TPSA) is 178 Å². The van der Waals surface area contributed by atoms with Crippen molar-refractivity contribution in [2.45, 2.75) is 124 Å². The second-order valence-electron chi connectivity index (χ2n) is 17.0. The lowest BCUT2D eigenvalue weighted by molar-refractivity contribution is -0.147. The zero-order chi connectivity index (χ0) is 37.9. The van der Waals surface area contributed by atoms with Gasteiger partial charge in [-0.2, -0.15) is 0 Å². The van der Waals surface area contributed by atoms with E-state index in [-0.39, 0.29) is 35.4 Å². The van der Waals surface area contributed by atoms with E-state index in [1.54, 1.807) is 18.9 Å². The summed E-state index contributed by atoms with van der Waals surface area (Å²) in [6.45, 7) is 17.3. The number of fused-ring (bicyclic) bond motifs is 1. The third kappa shape index (κ3) is 9.13. The Labute approximate surface area is 302 Å². The molecule has 4 rings (SSSR count). The van der Waals surface area contributed by atoms with Gasteiger partial charge in [0.25, 0.3) is 11.8 Å². The number of amides is 5. The minimum atomic E-state index is -1.02. The highest BCUT2D eigenvalue weighted by Crippen LogP contribution is 2.65. The minimum absolute atomic E-state index is 0.0594. The maximum Gasteiger partial charge on any atom is 0.289 e. The Hall–Kier alpha value is -3.90. The predicted octanol–water partition coefficient (Wildman–Crippen LogP) is 2.73. The summed E-state index contributed by atoms with van der Waals surface area (Å²) in [5.41, 5.74) is -1.36. The third-order valence-corrected chi connectivity index (χ3v) is 11.6. The average Bonchev–Trinajstić information content (AvgIpc) is 3.93. The first-order chi connectivity index (χ1) is 23.9. The maximum atomic E-state index is 14.7. The van der Waals surface area contributed by atoms with Crippen molar-refractivity contribution >= 4 is 47.4 Å². The molecule has 4 N–H and O–H groups in total. The quantitative estimate of drug-likeness (QED) is 0.0879. The van der Waals surface area contributed by atoms with Gasteiger partial charge in [0.15, 0.2) is 0 Å². The number of nitrogens with one attached hydrogen (secondary N) is 4. The Bertz CT molecular complexity index is 1450. The second kappa shape index (κ2) is 15.8. The molecule has 0 aromatic rings. The lowest BCUT2D eigenvalue weighted by Crippen LogP contribution is -2.64. The Morgan fingerprint density at radius 1 is 0.961 bits per heavy atom. The summed E-state index contributed by atoms with van der Waals surface area (Å²) >= 11 is 0. The number of carbonyl (C=O) groups is 6. The number of hydrogen-bond donors (Lipinski definition) is 4. The highest BCUT2D eigenvalue weighted by atomic mass is 16.2. The number of rotatable bonds is 15.